The second-order valence-corrected chi connectivity index (χ2v) is 4.38. The molecule has 0 unspecified atom stereocenters. The molecule has 1 aromatic carbocycles. The maximum Gasteiger partial charge on any atom is 0.284 e. The minimum atomic E-state index is -0.440. The SMILES string of the molecule is COc1cc2ccnc3c2c(c1OC)N(C(C)=O)C3=O. The predicted molar refractivity (Wildman–Crippen MR) is 72.3 cm³/mol. The van der Waals surface area contributed by atoms with Crippen LogP contribution in [0.1, 0.15) is 17.4 Å². The molecule has 2 heterocycles. The zero-order chi connectivity index (χ0) is 14.4. The smallest absolute Gasteiger partial charge is 0.284 e. The number of anilines is 1. The number of ether oxygens (including phenoxy) is 2. The summed E-state index contributed by atoms with van der Waals surface area (Å²) in [4.78, 5) is 29.3. The predicted octanol–water partition coefficient (Wildman–Crippen LogP) is 1.76. The normalized spacial score (nSPS) is 12.9. The Morgan fingerprint density at radius 1 is 1.30 bits per heavy atom. The van der Waals surface area contributed by atoms with Crippen molar-refractivity contribution in [2.45, 2.75) is 6.92 Å². The van der Waals surface area contributed by atoms with Crippen LogP contribution in [0.2, 0.25) is 0 Å². The summed E-state index contributed by atoms with van der Waals surface area (Å²) in [7, 11) is 2.98. The Kier molecular flexibility index (Phi) is 2.60. The molecular formula is C14H12N2O4. The number of methoxy groups -OCH3 is 2. The van der Waals surface area contributed by atoms with Crippen LogP contribution in [0.25, 0.3) is 10.8 Å². The summed E-state index contributed by atoms with van der Waals surface area (Å²) in [5.74, 6) is -0.00564. The number of aromatic nitrogens is 1. The summed E-state index contributed by atoms with van der Waals surface area (Å²) in [6.07, 6.45) is 1.54. The van der Waals surface area contributed by atoms with E-state index in [0.717, 1.165) is 10.3 Å². The first-order valence-corrected chi connectivity index (χ1v) is 5.98. The molecule has 102 valence electrons. The largest absolute Gasteiger partial charge is 0.493 e. The minimum absolute atomic E-state index is 0.258. The molecule has 20 heavy (non-hydrogen) atoms. The number of amides is 2. The van der Waals surface area contributed by atoms with Crippen molar-refractivity contribution in [3.05, 3.63) is 24.0 Å². The van der Waals surface area contributed by atoms with Crippen molar-refractivity contribution < 1.29 is 19.1 Å². The number of pyridine rings is 1. The second-order valence-electron chi connectivity index (χ2n) is 4.38. The molecule has 0 radical (unpaired) electrons. The fraction of sp³-hybridized carbons (Fsp3) is 0.214. The Bertz CT molecular complexity index is 754. The molecule has 0 atom stereocenters. The zero-order valence-corrected chi connectivity index (χ0v) is 11.3. The van der Waals surface area contributed by atoms with E-state index in [2.05, 4.69) is 4.98 Å². The molecule has 2 amide bonds. The summed E-state index contributed by atoms with van der Waals surface area (Å²) < 4.78 is 10.6. The van der Waals surface area contributed by atoms with E-state index in [4.69, 9.17) is 9.47 Å². The molecule has 0 spiro atoms. The molecule has 0 N–H and O–H groups in total. The summed E-state index contributed by atoms with van der Waals surface area (Å²) in [6.45, 7) is 1.33. The molecule has 3 rings (SSSR count). The molecule has 2 aromatic rings. The van der Waals surface area contributed by atoms with Crippen LogP contribution >= 0.6 is 0 Å². The topological polar surface area (TPSA) is 68.7 Å². The minimum Gasteiger partial charge on any atom is -0.493 e. The monoisotopic (exact) mass is 272 g/mol. The zero-order valence-electron chi connectivity index (χ0n) is 11.3. The number of hydrogen-bond acceptors (Lipinski definition) is 5. The second kappa shape index (κ2) is 4.19. The number of rotatable bonds is 2. The van der Waals surface area contributed by atoms with Gasteiger partial charge >= 0.3 is 0 Å². The molecule has 1 aliphatic rings. The summed E-state index contributed by atoms with van der Waals surface area (Å²) in [5.41, 5.74) is 0.663. The van der Waals surface area contributed by atoms with Gasteiger partial charge in [0, 0.05) is 18.5 Å². The van der Waals surface area contributed by atoms with Gasteiger partial charge < -0.3 is 9.47 Å². The average Bonchev–Trinajstić information content (AvgIpc) is 2.74. The maximum absolute atomic E-state index is 12.3. The van der Waals surface area contributed by atoms with Gasteiger partial charge in [-0.25, -0.2) is 4.90 Å². The van der Waals surface area contributed by atoms with E-state index in [1.165, 1.54) is 27.3 Å². The van der Waals surface area contributed by atoms with Crippen LogP contribution in [0.4, 0.5) is 5.69 Å². The highest BCUT2D eigenvalue weighted by Crippen LogP contribution is 2.48. The highest BCUT2D eigenvalue weighted by atomic mass is 16.5. The fourth-order valence-electron chi connectivity index (χ4n) is 2.52. The molecule has 6 nitrogen and oxygen atoms in total. The third kappa shape index (κ3) is 1.41. The average molecular weight is 272 g/mol. The summed E-state index contributed by atoms with van der Waals surface area (Å²) >= 11 is 0. The highest BCUT2D eigenvalue weighted by molar-refractivity contribution is 6.33. The van der Waals surface area contributed by atoms with E-state index in [1.807, 2.05) is 0 Å². The summed E-state index contributed by atoms with van der Waals surface area (Å²) in [6, 6.07) is 3.53. The lowest BCUT2D eigenvalue weighted by atomic mass is 10.1. The molecule has 0 saturated carbocycles. The van der Waals surface area contributed by atoms with Crippen molar-refractivity contribution >= 4 is 28.3 Å². The van der Waals surface area contributed by atoms with Gasteiger partial charge in [0.1, 0.15) is 11.4 Å². The van der Waals surface area contributed by atoms with Gasteiger partial charge in [0.05, 0.1) is 14.2 Å². The lowest BCUT2D eigenvalue weighted by Gasteiger charge is -2.18. The van der Waals surface area contributed by atoms with Gasteiger partial charge in [-0.3, -0.25) is 14.6 Å². The fourth-order valence-corrected chi connectivity index (χ4v) is 2.52. The first-order chi connectivity index (χ1) is 9.60. The van der Waals surface area contributed by atoms with E-state index in [9.17, 15) is 9.59 Å². The van der Waals surface area contributed by atoms with E-state index in [0.29, 0.717) is 22.6 Å². The Labute approximate surface area is 114 Å². The van der Waals surface area contributed by atoms with Crippen LogP contribution in [0.15, 0.2) is 18.3 Å². The van der Waals surface area contributed by atoms with Crippen LogP contribution < -0.4 is 14.4 Å². The van der Waals surface area contributed by atoms with Gasteiger partial charge in [0.15, 0.2) is 11.5 Å². The van der Waals surface area contributed by atoms with Crippen LogP contribution in [0, 0.1) is 0 Å². The number of nitrogens with zero attached hydrogens (tertiary/aromatic N) is 2. The maximum atomic E-state index is 12.3. The van der Waals surface area contributed by atoms with Crippen molar-refractivity contribution in [3.8, 4) is 11.5 Å². The molecule has 1 aromatic heterocycles. The van der Waals surface area contributed by atoms with Crippen molar-refractivity contribution in [1.82, 2.24) is 4.98 Å². The number of carbonyl (C=O) groups excluding carboxylic acids is 2. The van der Waals surface area contributed by atoms with Crippen molar-refractivity contribution in [2.75, 3.05) is 19.1 Å². The van der Waals surface area contributed by atoms with Gasteiger partial charge in [0.25, 0.3) is 5.91 Å². The number of carbonyl (C=O) groups is 2. The standard InChI is InChI=1S/C14H12N2O4/c1-7(17)16-12-10-8(4-5-15-11(10)14(16)18)6-9(19-2)13(12)20-3/h4-6H,1-3H3. The molecule has 1 aliphatic heterocycles. The van der Waals surface area contributed by atoms with Crippen molar-refractivity contribution in [2.24, 2.45) is 0 Å². The van der Waals surface area contributed by atoms with Crippen LogP contribution in [0.5, 0.6) is 11.5 Å². The lowest BCUT2D eigenvalue weighted by molar-refractivity contribution is -0.115. The Morgan fingerprint density at radius 2 is 2.05 bits per heavy atom. The Morgan fingerprint density at radius 3 is 2.65 bits per heavy atom. The van der Waals surface area contributed by atoms with Crippen LogP contribution in [-0.2, 0) is 4.79 Å². The number of benzene rings is 1. The Hall–Kier alpha value is -2.63. The summed E-state index contributed by atoms with van der Waals surface area (Å²) in [5, 5.41) is 1.39. The molecular weight excluding hydrogens is 260 g/mol. The van der Waals surface area contributed by atoms with Gasteiger partial charge in [-0.2, -0.15) is 0 Å². The quantitative estimate of drug-likeness (QED) is 0.833. The van der Waals surface area contributed by atoms with Gasteiger partial charge in [-0.15, -0.1) is 0 Å². The van der Waals surface area contributed by atoms with Gasteiger partial charge in [-0.05, 0) is 17.5 Å². The van der Waals surface area contributed by atoms with E-state index >= 15 is 0 Å². The van der Waals surface area contributed by atoms with Crippen LogP contribution in [0.3, 0.4) is 0 Å². The third-order valence-corrected chi connectivity index (χ3v) is 3.31. The van der Waals surface area contributed by atoms with Gasteiger partial charge in [-0.1, -0.05) is 0 Å². The van der Waals surface area contributed by atoms with E-state index < -0.39 is 5.91 Å². The van der Waals surface area contributed by atoms with Gasteiger partial charge in [0.2, 0.25) is 5.91 Å². The first-order valence-electron chi connectivity index (χ1n) is 5.98. The first kappa shape index (κ1) is 12.4. The highest BCUT2D eigenvalue weighted by Gasteiger charge is 2.38. The van der Waals surface area contributed by atoms with Crippen molar-refractivity contribution in [3.63, 3.8) is 0 Å². The lowest BCUT2D eigenvalue weighted by Crippen LogP contribution is -2.32. The molecule has 0 bridgehead atoms. The Balaban J connectivity index is 2.48. The number of hydrogen-bond donors (Lipinski definition) is 0. The number of imide groups is 1. The van der Waals surface area contributed by atoms with E-state index in [-0.39, 0.29) is 11.6 Å². The molecule has 0 aliphatic carbocycles. The third-order valence-electron chi connectivity index (χ3n) is 3.31. The van der Waals surface area contributed by atoms with Crippen LogP contribution in [-0.4, -0.2) is 31.0 Å². The molecule has 0 fully saturated rings. The van der Waals surface area contributed by atoms with Crippen molar-refractivity contribution in [1.29, 1.82) is 0 Å². The van der Waals surface area contributed by atoms with E-state index in [1.54, 1.807) is 12.1 Å². The molecule has 6 heteroatoms. The molecule has 0 saturated heterocycles.